The van der Waals surface area contributed by atoms with Crippen LogP contribution in [0.3, 0.4) is 0 Å². The number of aliphatic hydroxyl groups excluding tert-OH is 1. The summed E-state index contributed by atoms with van der Waals surface area (Å²) >= 11 is 5.95. The van der Waals surface area contributed by atoms with Crippen molar-refractivity contribution >= 4 is 33.3 Å². The van der Waals surface area contributed by atoms with Crippen molar-refractivity contribution in [1.82, 2.24) is 0 Å². The monoisotopic (exact) mass is 531 g/mol. The number of methoxy groups -OCH3 is 1. The van der Waals surface area contributed by atoms with Crippen molar-refractivity contribution in [3.05, 3.63) is 70.5 Å². The van der Waals surface area contributed by atoms with Crippen LogP contribution >= 0.6 is 11.6 Å². The third-order valence-corrected chi connectivity index (χ3v) is 6.28. The number of benzene rings is 3. The van der Waals surface area contributed by atoms with Gasteiger partial charge in [0.1, 0.15) is 34.7 Å². The second-order valence-corrected chi connectivity index (χ2v) is 8.98. The molecule has 0 aromatic heterocycles. The number of halogens is 4. The van der Waals surface area contributed by atoms with E-state index < -0.39 is 67.5 Å². The van der Waals surface area contributed by atoms with E-state index in [9.17, 15) is 31.5 Å². The fourth-order valence-electron chi connectivity index (χ4n) is 3.12. The standard InChI is InChI=1S/C22H17ClF3NO7S/c1-33-21-15(23)6-11(22(29)30)7-20(21)35(31,32)27-18-9-13(16(25)10-17(18)26)14-8-12(24)2-3-19(14)34-5-4-28/h2-3,6-10,27-28H,4-5H2,1H3,(H,29,30). The van der Waals surface area contributed by atoms with Crippen molar-refractivity contribution in [3.63, 3.8) is 0 Å². The van der Waals surface area contributed by atoms with Gasteiger partial charge in [0.15, 0.2) is 5.75 Å². The quantitative estimate of drug-likeness (QED) is 0.376. The molecule has 186 valence electrons. The molecule has 0 spiro atoms. The Bertz CT molecular complexity index is 1400. The number of nitrogens with one attached hydrogen (secondary N) is 1. The van der Waals surface area contributed by atoms with Crippen molar-refractivity contribution in [1.29, 1.82) is 0 Å². The highest BCUT2D eigenvalue weighted by Crippen LogP contribution is 2.38. The Balaban J connectivity index is 2.14. The lowest BCUT2D eigenvalue weighted by Crippen LogP contribution is -2.16. The Hall–Kier alpha value is -3.48. The molecule has 0 unspecified atom stereocenters. The first kappa shape index (κ1) is 26.1. The van der Waals surface area contributed by atoms with E-state index in [0.717, 1.165) is 43.5 Å². The molecule has 0 aliphatic carbocycles. The number of rotatable bonds is 9. The molecule has 3 aromatic rings. The summed E-state index contributed by atoms with van der Waals surface area (Å²) in [5.74, 6) is -5.20. The van der Waals surface area contributed by atoms with Gasteiger partial charge in [0.05, 0.1) is 30.0 Å². The predicted octanol–water partition coefficient (Wildman–Crippen LogP) is 4.30. The maximum absolute atomic E-state index is 14.7. The average Bonchev–Trinajstić information content (AvgIpc) is 2.79. The van der Waals surface area contributed by atoms with Crippen molar-refractivity contribution < 1.29 is 46.1 Å². The highest BCUT2D eigenvalue weighted by atomic mass is 35.5. The van der Waals surface area contributed by atoms with Crippen LogP contribution in [0.25, 0.3) is 11.1 Å². The van der Waals surface area contributed by atoms with Crippen LogP contribution in [0.1, 0.15) is 10.4 Å². The van der Waals surface area contributed by atoms with Gasteiger partial charge >= 0.3 is 5.97 Å². The molecular weight excluding hydrogens is 515 g/mol. The van der Waals surface area contributed by atoms with Gasteiger partial charge in [-0.3, -0.25) is 4.72 Å². The third kappa shape index (κ3) is 5.61. The molecule has 0 heterocycles. The van der Waals surface area contributed by atoms with E-state index in [1.807, 2.05) is 4.72 Å². The molecular formula is C22H17ClF3NO7S. The van der Waals surface area contributed by atoms with Gasteiger partial charge in [0.25, 0.3) is 10.0 Å². The Morgan fingerprint density at radius 1 is 1.06 bits per heavy atom. The average molecular weight is 532 g/mol. The fourth-order valence-corrected chi connectivity index (χ4v) is 4.74. The van der Waals surface area contributed by atoms with Crippen LogP contribution in [-0.2, 0) is 10.0 Å². The van der Waals surface area contributed by atoms with Gasteiger partial charge in [-0.05, 0) is 36.4 Å². The number of carboxylic acid groups (broad SMARTS) is 1. The topological polar surface area (TPSA) is 122 Å². The van der Waals surface area contributed by atoms with E-state index in [2.05, 4.69) is 0 Å². The van der Waals surface area contributed by atoms with Gasteiger partial charge in [-0.15, -0.1) is 0 Å². The summed E-state index contributed by atoms with van der Waals surface area (Å²) in [5.41, 5.74) is -1.81. The highest BCUT2D eigenvalue weighted by molar-refractivity contribution is 7.92. The van der Waals surface area contributed by atoms with Crippen LogP contribution in [-0.4, -0.2) is 44.9 Å². The highest BCUT2D eigenvalue weighted by Gasteiger charge is 2.26. The number of carbonyl (C=O) groups is 1. The Kier molecular flexibility index (Phi) is 7.78. The summed E-state index contributed by atoms with van der Waals surface area (Å²) in [4.78, 5) is 10.6. The largest absolute Gasteiger partial charge is 0.494 e. The van der Waals surface area contributed by atoms with Crippen LogP contribution in [0.15, 0.2) is 47.4 Å². The molecule has 3 rings (SSSR count). The van der Waals surface area contributed by atoms with Gasteiger partial charge in [0.2, 0.25) is 0 Å². The first-order chi connectivity index (χ1) is 16.5. The molecule has 3 N–H and O–H groups in total. The Morgan fingerprint density at radius 3 is 2.40 bits per heavy atom. The minimum Gasteiger partial charge on any atom is -0.494 e. The van der Waals surface area contributed by atoms with Crippen LogP contribution < -0.4 is 14.2 Å². The predicted molar refractivity (Wildman–Crippen MR) is 120 cm³/mol. The lowest BCUT2D eigenvalue weighted by atomic mass is 10.0. The first-order valence-electron chi connectivity index (χ1n) is 9.64. The van der Waals surface area contributed by atoms with Gasteiger partial charge in [-0.25, -0.2) is 26.4 Å². The van der Waals surface area contributed by atoms with Gasteiger partial charge in [-0.2, -0.15) is 0 Å². The minimum atomic E-state index is -4.72. The number of ether oxygens (including phenoxy) is 2. The second-order valence-electron chi connectivity index (χ2n) is 6.92. The van der Waals surface area contributed by atoms with E-state index in [0.29, 0.717) is 6.07 Å². The zero-order chi connectivity index (χ0) is 25.9. The van der Waals surface area contributed by atoms with Crippen LogP contribution in [0.5, 0.6) is 11.5 Å². The molecule has 0 amide bonds. The summed E-state index contributed by atoms with van der Waals surface area (Å²) in [6.45, 7) is -0.602. The van der Waals surface area contributed by atoms with Crippen LogP contribution in [0.2, 0.25) is 5.02 Å². The second kappa shape index (κ2) is 10.4. The third-order valence-electron chi connectivity index (χ3n) is 4.63. The first-order valence-corrected chi connectivity index (χ1v) is 11.5. The van der Waals surface area contributed by atoms with E-state index in [1.54, 1.807) is 0 Å². The molecule has 0 atom stereocenters. The minimum absolute atomic E-state index is 0.0534. The van der Waals surface area contributed by atoms with E-state index in [4.69, 9.17) is 26.2 Å². The number of carboxylic acids is 1. The Morgan fingerprint density at radius 2 is 1.77 bits per heavy atom. The number of hydrogen-bond acceptors (Lipinski definition) is 6. The van der Waals surface area contributed by atoms with Gasteiger partial charge < -0.3 is 19.7 Å². The van der Waals surface area contributed by atoms with Gasteiger partial charge in [-0.1, -0.05) is 11.6 Å². The maximum Gasteiger partial charge on any atom is 0.335 e. The van der Waals surface area contributed by atoms with Crippen molar-refractivity contribution in [2.75, 3.05) is 25.0 Å². The molecule has 0 saturated heterocycles. The molecule has 0 aliphatic rings. The number of aromatic carboxylic acids is 1. The SMILES string of the molecule is COc1c(Cl)cc(C(=O)O)cc1S(=O)(=O)Nc1cc(-c2cc(F)ccc2OCCO)c(F)cc1F. The summed E-state index contributed by atoms with van der Waals surface area (Å²) in [6.07, 6.45) is 0. The number of anilines is 1. The lowest BCUT2D eigenvalue weighted by molar-refractivity contribution is 0.0696. The number of aliphatic hydroxyl groups is 1. The maximum atomic E-state index is 14.7. The van der Waals surface area contributed by atoms with E-state index >= 15 is 0 Å². The fraction of sp³-hybridized carbons (Fsp3) is 0.136. The van der Waals surface area contributed by atoms with Crippen LogP contribution in [0.4, 0.5) is 18.9 Å². The van der Waals surface area contributed by atoms with Crippen molar-refractivity contribution in [3.8, 4) is 22.6 Å². The summed E-state index contributed by atoms with van der Waals surface area (Å²) < 4.78 is 81.4. The number of sulfonamides is 1. The lowest BCUT2D eigenvalue weighted by Gasteiger charge is -2.16. The zero-order valence-electron chi connectivity index (χ0n) is 17.8. The molecule has 0 radical (unpaired) electrons. The number of hydrogen-bond donors (Lipinski definition) is 3. The van der Waals surface area contributed by atoms with E-state index in [1.165, 1.54) is 0 Å². The molecule has 0 aliphatic heterocycles. The summed E-state index contributed by atoms with van der Waals surface area (Å²) in [6, 6.07) is 5.95. The van der Waals surface area contributed by atoms with Crippen LogP contribution in [0, 0.1) is 17.5 Å². The van der Waals surface area contributed by atoms with Crippen molar-refractivity contribution in [2.24, 2.45) is 0 Å². The molecule has 8 nitrogen and oxygen atoms in total. The Labute approximate surface area is 202 Å². The molecule has 0 bridgehead atoms. The van der Waals surface area contributed by atoms with Gasteiger partial charge in [0, 0.05) is 17.2 Å². The smallest absolute Gasteiger partial charge is 0.335 e. The molecule has 13 heteroatoms. The summed E-state index contributed by atoms with van der Waals surface area (Å²) in [5, 5.41) is 17.9. The molecule has 3 aromatic carbocycles. The zero-order valence-corrected chi connectivity index (χ0v) is 19.4. The molecule has 0 fully saturated rings. The summed E-state index contributed by atoms with van der Waals surface area (Å²) in [7, 11) is -3.63. The molecule has 35 heavy (non-hydrogen) atoms. The normalized spacial score (nSPS) is 11.3. The van der Waals surface area contributed by atoms with Crippen molar-refractivity contribution in [2.45, 2.75) is 4.90 Å². The van der Waals surface area contributed by atoms with E-state index in [-0.39, 0.29) is 22.9 Å². The molecule has 0 saturated carbocycles.